The van der Waals surface area contributed by atoms with Gasteiger partial charge in [0.15, 0.2) is 0 Å². The zero-order valence-electron chi connectivity index (χ0n) is 4.20. The topological polar surface area (TPSA) is 46.9 Å². The van der Waals surface area contributed by atoms with Crippen LogP contribution in [-0.4, -0.2) is 11.9 Å². The van der Waals surface area contributed by atoms with E-state index < -0.39 is 11.9 Å². The van der Waals surface area contributed by atoms with E-state index in [1.807, 2.05) is 0 Å². The highest BCUT2D eigenvalue weighted by molar-refractivity contribution is 5.96. The SMILES string of the molecule is N=C(C=C[O-])C(F)(F)F. The largest absolute Gasteiger partial charge is 0.878 e. The van der Waals surface area contributed by atoms with Crippen LogP contribution in [0.3, 0.4) is 0 Å². The molecule has 0 fully saturated rings. The Kier molecular flexibility index (Phi) is 2.24. The van der Waals surface area contributed by atoms with Gasteiger partial charge in [0, 0.05) is 0 Å². The van der Waals surface area contributed by atoms with E-state index in [9.17, 15) is 18.3 Å². The van der Waals surface area contributed by atoms with Gasteiger partial charge >= 0.3 is 6.18 Å². The molecule has 9 heavy (non-hydrogen) atoms. The first-order chi connectivity index (χ1) is 3.98. The van der Waals surface area contributed by atoms with Gasteiger partial charge in [0.25, 0.3) is 0 Å². The summed E-state index contributed by atoms with van der Waals surface area (Å²) in [4.78, 5) is 0. The molecule has 0 unspecified atom stereocenters. The van der Waals surface area contributed by atoms with Crippen LogP contribution in [0.1, 0.15) is 0 Å². The molecule has 0 atom stereocenters. The standard InChI is InChI=1S/C4H4F3NO/c5-4(6,7)3(8)1-2-9/h1-2,8-9H/p-1. The molecule has 0 bridgehead atoms. The second kappa shape index (κ2) is 2.52. The fourth-order valence-corrected chi connectivity index (χ4v) is 0.163. The summed E-state index contributed by atoms with van der Waals surface area (Å²) >= 11 is 0. The van der Waals surface area contributed by atoms with Gasteiger partial charge in [-0.2, -0.15) is 13.2 Å². The first kappa shape index (κ1) is 8.00. The first-order valence-corrected chi connectivity index (χ1v) is 1.92. The lowest BCUT2D eigenvalue weighted by molar-refractivity contribution is -0.274. The number of allylic oxidation sites excluding steroid dienone is 1. The maximum atomic E-state index is 11.2. The molecular formula is C4H3F3NO-. The van der Waals surface area contributed by atoms with Crippen LogP contribution in [0.15, 0.2) is 12.3 Å². The molecule has 0 heterocycles. The van der Waals surface area contributed by atoms with Crippen molar-refractivity contribution in [2.75, 3.05) is 0 Å². The first-order valence-electron chi connectivity index (χ1n) is 1.92. The molecule has 1 N–H and O–H groups in total. The summed E-state index contributed by atoms with van der Waals surface area (Å²) in [5.41, 5.74) is -1.63. The van der Waals surface area contributed by atoms with Crippen molar-refractivity contribution in [3.05, 3.63) is 12.3 Å². The van der Waals surface area contributed by atoms with E-state index in [-0.39, 0.29) is 12.3 Å². The number of hydrogen-bond acceptors (Lipinski definition) is 2. The molecule has 0 amide bonds. The molecule has 0 aromatic carbocycles. The average Bonchev–Trinajstić information content (AvgIpc) is 1.64. The van der Waals surface area contributed by atoms with Crippen LogP contribution in [0.4, 0.5) is 13.2 Å². The van der Waals surface area contributed by atoms with Crippen LogP contribution in [0.2, 0.25) is 0 Å². The Morgan fingerprint density at radius 3 is 2.00 bits per heavy atom. The summed E-state index contributed by atoms with van der Waals surface area (Å²) < 4.78 is 33.7. The van der Waals surface area contributed by atoms with Gasteiger partial charge in [-0.05, 0) is 6.08 Å². The van der Waals surface area contributed by atoms with E-state index in [4.69, 9.17) is 5.41 Å². The van der Waals surface area contributed by atoms with E-state index in [2.05, 4.69) is 0 Å². The Morgan fingerprint density at radius 2 is 1.89 bits per heavy atom. The normalized spacial score (nSPS) is 12.3. The van der Waals surface area contributed by atoms with Crippen molar-refractivity contribution in [3.63, 3.8) is 0 Å². The highest BCUT2D eigenvalue weighted by Crippen LogP contribution is 2.16. The van der Waals surface area contributed by atoms with Crippen molar-refractivity contribution in [2.45, 2.75) is 6.18 Å². The van der Waals surface area contributed by atoms with Crippen LogP contribution in [-0.2, 0) is 0 Å². The van der Waals surface area contributed by atoms with Crippen molar-refractivity contribution < 1.29 is 18.3 Å². The smallest absolute Gasteiger partial charge is 0.432 e. The van der Waals surface area contributed by atoms with Crippen molar-refractivity contribution in [1.82, 2.24) is 0 Å². The number of halogens is 3. The molecule has 0 aromatic rings. The lowest BCUT2D eigenvalue weighted by Gasteiger charge is -2.02. The molecule has 0 spiro atoms. The van der Waals surface area contributed by atoms with Crippen molar-refractivity contribution in [1.29, 1.82) is 5.41 Å². The minimum absolute atomic E-state index is 0.0736. The Morgan fingerprint density at radius 1 is 1.44 bits per heavy atom. The zero-order valence-corrected chi connectivity index (χ0v) is 4.20. The van der Waals surface area contributed by atoms with Crippen LogP contribution in [0, 0.1) is 5.41 Å². The molecule has 0 rings (SSSR count). The fraction of sp³-hybridized carbons (Fsp3) is 0.250. The summed E-state index contributed by atoms with van der Waals surface area (Å²) in [6.45, 7) is 0. The summed E-state index contributed by atoms with van der Waals surface area (Å²) in [6, 6.07) is 0. The monoisotopic (exact) mass is 138 g/mol. The molecular weight excluding hydrogens is 135 g/mol. The van der Waals surface area contributed by atoms with E-state index >= 15 is 0 Å². The number of rotatable bonds is 1. The molecule has 5 heteroatoms. The third-order valence-corrected chi connectivity index (χ3v) is 0.540. The molecule has 0 saturated carbocycles. The second-order valence-corrected chi connectivity index (χ2v) is 1.21. The maximum absolute atomic E-state index is 11.2. The summed E-state index contributed by atoms with van der Waals surface area (Å²) in [5, 5.41) is 15.5. The van der Waals surface area contributed by atoms with Crippen LogP contribution >= 0.6 is 0 Å². The molecule has 52 valence electrons. The third kappa shape index (κ3) is 2.73. The fourth-order valence-electron chi connectivity index (χ4n) is 0.163. The van der Waals surface area contributed by atoms with Gasteiger partial charge in [0.05, 0.1) is 0 Å². The molecule has 0 aliphatic carbocycles. The Bertz CT molecular complexity index is 137. The van der Waals surface area contributed by atoms with E-state index in [0.717, 1.165) is 0 Å². The van der Waals surface area contributed by atoms with Gasteiger partial charge in [-0.3, -0.25) is 5.41 Å². The van der Waals surface area contributed by atoms with Gasteiger partial charge in [-0.25, -0.2) is 0 Å². The van der Waals surface area contributed by atoms with Gasteiger partial charge in [0.1, 0.15) is 5.71 Å². The highest BCUT2D eigenvalue weighted by Gasteiger charge is 2.31. The Hall–Kier alpha value is -1.00. The molecule has 2 nitrogen and oxygen atoms in total. The highest BCUT2D eigenvalue weighted by atomic mass is 19.4. The lowest BCUT2D eigenvalue weighted by atomic mass is 10.4. The Labute approximate surface area is 49.1 Å². The molecule has 0 saturated heterocycles. The zero-order chi connectivity index (χ0) is 7.49. The number of alkyl halides is 3. The van der Waals surface area contributed by atoms with Crippen molar-refractivity contribution in [3.8, 4) is 0 Å². The van der Waals surface area contributed by atoms with Crippen LogP contribution < -0.4 is 5.11 Å². The molecule has 0 aromatic heterocycles. The number of nitrogens with one attached hydrogen (secondary N) is 1. The van der Waals surface area contributed by atoms with E-state index in [0.29, 0.717) is 0 Å². The van der Waals surface area contributed by atoms with E-state index in [1.54, 1.807) is 0 Å². The summed E-state index contributed by atoms with van der Waals surface area (Å²) in [7, 11) is 0. The minimum atomic E-state index is -4.69. The van der Waals surface area contributed by atoms with Crippen LogP contribution in [0.25, 0.3) is 0 Å². The summed E-state index contributed by atoms with van der Waals surface area (Å²) in [6.07, 6.45) is -4.61. The number of hydrogen-bond donors (Lipinski definition) is 1. The quantitative estimate of drug-likeness (QED) is 0.414. The predicted octanol–water partition coefficient (Wildman–Crippen LogP) is 0.442. The van der Waals surface area contributed by atoms with Gasteiger partial charge < -0.3 is 5.11 Å². The van der Waals surface area contributed by atoms with Crippen LogP contribution in [0.5, 0.6) is 0 Å². The molecule has 0 aliphatic rings. The maximum Gasteiger partial charge on any atom is 0.432 e. The molecule has 0 aliphatic heterocycles. The predicted molar refractivity (Wildman–Crippen MR) is 22.9 cm³/mol. The third-order valence-electron chi connectivity index (χ3n) is 0.540. The van der Waals surface area contributed by atoms with E-state index in [1.165, 1.54) is 0 Å². The van der Waals surface area contributed by atoms with Crippen molar-refractivity contribution in [2.24, 2.45) is 0 Å². The average molecular weight is 138 g/mol. The van der Waals surface area contributed by atoms with Gasteiger partial charge in [0.2, 0.25) is 0 Å². The van der Waals surface area contributed by atoms with Gasteiger partial charge in [-0.1, -0.05) is 0 Å². The van der Waals surface area contributed by atoms with Crippen molar-refractivity contribution >= 4 is 5.71 Å². The summed E-state index contributed by atoms with van der Waals surface area (Å²) in [5.74, 6) is 0. The minimum Gasteiger partial charge on any atom is -0.878 e. The second-order valence-electron chi connectivity index (χ2n) is 1.21. The lowest BCUT2D eigenvalue weighted by Crippen LogP contribution is -2.19. The molecule has 0 radical (unpaired) electrons. The Balaban J connectivity index is 4.06. The van der Waals surface area contributed by atoms with Gasteiger partial charge in [-0.15, -0.1) is 6.26 Å².